The van der Waals surface area contributed by atoms with Gasteiger partial charge in [-0.2, -0.15) is 0 Å². The zero-order chi connectivity index (χ0) is 19.7. The largest absolute Gasteiger partial charge is 0.493 e. The fourth-order valence-electron chi connectivity index (χ4n) is 3.21. The van der Waals surface area contributed by atoms with E-state index < -0.39 is 11.8 Å². The van der Waals surface area contributed by atoms with E-state index in [-0.39, 0.29) is 5.56 Å². The molecule has 9 heteroatoms. The lowest BCUT2D eigenvalue weighted by molar-refractivity contribution is 0.100. The number of methoxy groups -OCH3 is 3. The normalized spacial score (nSPS) is 12.4. The second-order valence-electron chi connectivity index (χ2n) is 5.89. The molecule has 0 aliphatic heterocycles. The minimum Gasteiger partial charge on any atom is -0.493 e. The predicted molar refractivity (Wildman–Crippen MR) is 107 cm³/mol. The van der Waals surface area contributed by atoms with E-state index in [1.54, 1.807) is 6.07 Å². The van der Waals surface area contributed by atoms with Crippen LogP contribution in [0.5, 0.6) is 17.2 Å². The highest BCUT2D eigenvalue weighted by Gasteiger charge is 2.28. The van der Waals surface area contributed by atoms with Crippen LogP contribution in [-0.4, -0.2) is 33.1 Å². The van der Waals surface area contributed by atoms with Gasteiger partial charge in [0.25, 0.3) is 11.8 Å². The van der Waals surface area contributed by atoms with Crippen molar-refractivity contribution in [1.29, 1.82) is 0 Å². The lowest BCUT2D eigenvalue weighted by Gasteiger charge is -2.16. The second-order valence-corrected chi connectivity index (χ2v) is 7.78. The van der Waals surface area contributed by atoms with E-state index in [1.807, 2.05) is 0 Å². The Bertz CT molecular complexity index is 925. The summed E-state index contributed by atoms with van der Waals surface area (Å²) in [7, 11) is 4.43. The zero-order valence-corrected chi connectivity index (χ0v) is 17.5. The lowest BCUT2D eigenvalue weighted by atomic mass is 10.1. The summed E-state index contributed by atoms with van der Waals surface area (Å²) in [6.45, 7) is 0. The van der Waals surface area contributed by atoms with Gasteiger partial charge in [0.15, 0.2) is 11.5 Å². The standard InChI is InChI=1S/C18H19BrN2O5S/c1-24-10-7-9(13(19)15(26-3)14(10)25-2)17(23)21-18-12(16(20)22)8-5-4-6-11(8)27-18/h7H,4-6H2,1-3H3,(H2,20,22)(H,21,23). The topological polar surface area (TPSA) is 99.9 Å². The monoisotopic (exact) mass is 454 g/mol. The van der Waals surface area contributed by atoms with E-state index in [0.717, 1.165) is 29.7 Å². The minimum absolute atomic E-state index is 0.286. The van der Waals surface area contributed by atoms with E-state index >= 15 is 0 Å². The Hall–Kier alpha value is -2.26. The highest BCUT2D eigenvalue weighted by atomic mass is 79.9. The van der Waals surface area contributed by atoms with Crippen LogP contribution in [0.3, 0.4) is 0 Å². The molecule has 1 heterocycles. The molecule has 0 spiro atoms. The molecule has 0 saturated heterocycles. The molecule has 2 amide bonds. The summed E-state index contributed by atoms with van der Waals surface area (Å²) < 4.78 is 16.4. The maximum atomic E-state index is 12.9. The highest BCUT2D eigenvalue weighted by molar-refractivity contribution is 9.10. The maximum absolute atomic E-state index is 12.9. The first kappa shape index (κ1) is 19.5. The third-order valence-corrected chi connectivity index (χ3v) is 6.40. The lowest BCUT2D eigenvalue weighted by Crippen LogP contribution is -2.18. The number of nitrogens with two attached hydrogens (primary N) is 1. The van der Waals surface area contributed by atoms with Gasteiger partial charge in [-0.1, -0.05) is 0 Å². The Balaban J connectivity index is 2.02. The molecule has 27 heavy (non-hydrogen) atoms. The summed E-state index contributed by atoms with van der Waals surface area (Å²) in [5.74, 6) is 0.117. The van der Waals surface area contributed by atoms with Gasteiger partial charge in [0, 0.05) is 4.88 Å². The Labute approximate surface area is 168 Å². The molecule has 0 radical (unpaired) electrons. The Morgan fingerprint density at radius 3 is 2.44 bits per heavy atom. The average Bonchev–Trinajstić information content (AvgIpc) is 3.21. The van der Waals surface area contributed by atoms with Crippen LogP contribution in [0, 0.1) is 0 Å². The van der Waals surface area contributed by atoms with E-state index in [4.69, 9.17) is 19.9 Å². The number of benzene rings is 1. The molecular weight excluding hydrogens is 436 g/mol. The first-order valence-electron chi connectivity index (χ1n) is 8.17. The van der Waals surface area contributed by atoms with E-state index in [2.05, 4.69) is 21.2 Å². The SMILES string of the molecule is COc1cc(C(=O)Nc2sc3c(c2C(N)=O)CCC3)c(Br)c(OC)c1OC. The Kier molecular flexibility index (Phi) is 5.61. The fraction of sp³-hybridized carbons (Fsp3) is 0.333. The van der Waals surface area contributed by atoms with E-state index in [9.17, 15) is 9.59 Å². The molecule has 0 unspecified atom stereocenters. The molecule has 1 aliphatic carbocycles. The number of hydrogen-bond donors (Lipinski definition) is 2. The summed E-state index contributed by atoms with van der Waals surface area (Å²) in [6, 6.07) is 1.55. The zero-order valence-electron chi connectivity index (χ0n) is 15.1. The summed E-state index contributed by atoms with van der Waals surface area (Å²) >= 11 is 4.79. The summed E-state index contributed by atoms with van der Waals surface area (Å²) in [5, 5.41) is 3.29. The van der Waals surface area contributed by atoms with Gasteiger partial charge in [-0.25, -0.2) is 0 Å². The molecule has 0 fully saturated rings. The van der Waals surface area contributed by atoms with Crippen molar-refractivity contribution in [2.45, 2.75) is 19.3 Å². The number of ether oxygens (including phenoxy) is 3. The van der Waals surface area contributed by atoms with Crippen molar-refractivity contribution in [2.24, 2.45) is 5.73 Å². The molecule has 0 atom stereocenters. The molecule has 1 aromatic heterocycles. The molecule has 3 rings (SSSR count). The number of amides is 2. The third kappa shape index (κ3) is 3.37. The smallest absolute Gasteiger partial charge is 0.257 e. The number of anilines is 1. The van der Waals surface area contributed by atoms with Crippen molar-refractivity contribution in [2.75, 3.05) is 26.6 Å². The van der Waals surface area contributed by atoms with Crippen LogP contribution in [0.1, 0.15) is 37.6 Å². The number of aryl methyl sites for hydroxylation is 1. The van der Waals surface area contributed by atoms with Gasteiger partial charge in [-0.15, -0.1) is 11.3 Å². The van der Waals surface area contributed by atoms with Crippen molar-refractivity contribution in [1.82, 2.24) is 0 Å². The summed E-state index contributed by atoms with van der Waals surface area (Å²) in [4.78, 5) is 26.0. The van der Waals surface area contributed by atoms with Gasteiger partial charge in [-0.3, -0.25) is 9.59 Å². The average molecular weight is 455 g/mol. The van der Waals surface area contributed by atoms with Crippen LogP contribution in [-0.2, 0) is 12.8 Å². The van der Waals surface area contributed by atoms with Crippen LogP contribution in [0.2, 0.25) is 0 Å². The number of halogens is 1. The van der Waals surface area contributed by atoms with Gasteiger partial charge < -0.3 is 25.3 Å². The predicted octanol–water partition coefficient (Wildman–Crippen LogP) is 3.38. The van der Waals surface area contributed by atoms with E-state index in [0.29, 0.717) is 32.3 Å². The number of hydrogen-bond acceptors (Lipinski definition) is 6. The number of fused-ring (bicyclic) bond motifs is 1. The van der Waals surface area contributed by atoms with Crippen LogP contribution in [0.25, 0.3) is 0 Å². The van der Waals surface area contributed by atoms with E-state index in [1.165, 1.54) is 32.7 Å². The number of rotatable bonds is 6. The van der Waals surface area contributed by atoms with Gasteiger partial charge >= 0.3 is 0 Å². The molecule has 1 aromatic carbocycles. The molecular formula is C18H19BrN2O5S. The van der Waals surface area contributed by atoms with Crippen molar-refractivity contribution in [3.63, 3.8) is 0 Å². The molecule has 2 aromatic rings. The van der Waals surface area contributed by atoms with Crippen molar-refractivity contribution < 1.29 is 23.8 Å². The number of carbonyl (C=O) groups is 2. The summed E-state index contributed by atoms with van der Waals surface area (Å²) in [5.41, 5.74) is 7.20. The quantitative estimate of drug-likeness (QED) is 0.696. The Morgan fingerprint density at radius 1 is 1.15 bits per heavy atom. The van der Waals surface area contributed by atoms with Crippen LogP contribution >= 0.6 is 27.3 Å². The minimum atomic E-state index is -0.534. The molecule has 0 bridgehead atoms. The van der Waals surface area contributed by atoms with Crippen molar-refractivity contribution in [3.8, 4) is 17.2 Å². The van der Waals surface area contributed by atoms with Crippen LogP contribution in [0.4, 0.5) is 5.00 Å². The number of carbonyl (C=O) groups excluding carboxylic acids is 2. The Morgan fingerprint density at radius 2 is 1.85 bits per heavy atom. The fourth-order valence-corrected chi connectivity index (χ4v) is 5.14. The van der Waals surface area contributed by atoms with Crippen molar-refractivity contribution >= 4 is 44.1 Å². The molecule has 144 valence electrons. The molecule has 1 aliphatic rings. The number of nitrogens with one attached hydrogen (secondary N) is 1. The first-order valence-corrected chi connectivity index (χ1v) is 9.78. The second kappa shape index (κ2) is 7.77. The third-order valence-electron chi connectivity index (χ3n) is 4.41. The van der Waals surface area contributed by atoms with Crippen LogP contribution < -0.4 is 25.3 Å². The number of thiophene rings is 1. The van der Waals surface area contributed by atoms with Gasteiger partial charge in [0.2, 0.25) is 5.75 Å². The van der Waals surface area contributed by atoms with Gasteiger partial charge in [0.05, 0.1) is 36.9 Å². The van der Waals surface area contributed by atoms with Crippen molar-refractivity contribution in [3.05, 3.63) is 32.1 Å². The molecule has 0 saturated carbocycles. The van der Waals surface area contributed by atoms with Gasteiger partial charge in [-0.05, 0) is 46.8 Å². The molecule has 7 nitrogen and oxygen atoms in total. The number of primary amides is 1. The first-order chi connectivity index (χ1) is 12.9. The summed E-state index contributed by atoms with van der Waals surface area (Å²) in [6.07, 6.45) is 2.69. The van der Waals surface area contributed by atoms with Gasteiger partial charge in [0.1, 0.15) is 5.00 Å². The van der Waals surface area contributed by atoms with Crippen LogP contribution in [0.15, 0.2) is 10.5 Å². The highest BCUT2D eigenvalue weighted by Crippen LogP contribution is 2.45. The molecule has 3 N–H and O–H groups in total. The maximum Gasteiger partial charge on any atom is 0.257 e.